The van der Waals surface area contributed by atoms with E-state index in [0.29, 0.717) is 23.1 Å². The van der Waals surface area contributed by atoms with E-state index in [1.807, 2.05) is 74.5 Å². The highest BCUT2D eigenvalue weighted by atomic mass is 35.5. The average Bonchev–Trinajstić information content (AvgIpc) is 3.32. The molecule has 0 spiro atoms. The molecule has 1 aliphatic rings. The van der Waals surface area contributed by atoms with Crippen LogP contribution in [0.15, 0.2) is 72.8 Å². The number of hydrogen-bond donors (Lipinski definition) is 1. The minimum absolute atomic E-state index is 0.109. The molecule has 176 valence electrons. The van der Waals surface area contributed by atoms with Crippen molar-refractivity contribution in [1.82, 2.24) is 10.2 Å². The van der Waals surface area contributed by atoms with E-state index in [2.05, 4.69) is 5.32 Å². The molecular weight excluding hydrogens is 452 g/mol. The molecule has 4 rings (SSSR count). The van der Waals surface area contributed by atoms with Gasteiger partial charge in [-0.05, 0) is 41.0 Å². The van der Waals surface area contributed by atoms with Crippen molar-refractivity contribution in [3.05, 3.63) is 94.5 Å². The van der Waals surface area contributed by atoms with E-state index in [1.165, 1.54) is 0 Å². The first-order chi connectivity index (χ1) is 16.4. The molecule has 0 saturated carbocycles. The lowest BCUT2D eigenvalue weighted by molar-refractivity contribution is -0.144. The lowest BCUT2D eigenvalue weighted by atomic mass is 10.0. The lowest BCUT2D eigenvalue weighted by Gasteiger charge is -2.33. The smallest absolute Gasteiger partial charge is 0.247 e. The summed E-state index contributed by atoms with van der Waals surface area (Å²) in [5.41, 5.74) is 2.51. The third-order valence-corrected chi connectivity index (χ3v) is 5.87. The van der Waals surface area contributed by atoms with Gasteiger partial charge in [0, 0.05) is 24.0 Å². The van der Waals surface area contributed by atoms with Gasteiger partial charge in [-0.25, -0.2) is 0 Å². The molecule has 1 atom stereocenters. The molecule has 2 amide bonds. The van der Waals surface area contributed by atoms with Crippen LogP contribution in [0.5, 0.6) is 11.5 Å². The number of amides is 2. The van der Waals surface area contributed by atoms with E-state index in [1.54, 1.807) is 17.0 Å². The van der Waals surface area contributed by atoms with Crippen LogP contribution in [0.4, 0.5) is 0 Å². The van der Waals surface area contributed by atoms with E-state index in [9.17, 15) is 9.59 Å². The Balaban J connectivity index is 1.61. The van der Waals surface area contributed by atoms with Crippen LogP contribution in [0.1, 0.15) is 36.6 Å². The molecule has 34 heavy (non-hydrogen) atoms. The highest BCUT2D eigenvalue weighted by Gasteiger charge is 2.32. The quantitative estimate of drug-likeness (QED) is 0.488. The van der Waals surface area contributed by atoms with Crippen molar-refractivity contribution < 1.29 is 19.1 Å². The van der Waals surface area contributed by atoms with Crippen LogP contribution in [-0.4, -0.2) is 23.5 Å². The molecule has 1 N–H and O–H groups in total. The number of carbonyl (C=O) groups excluding carboxylic acids is 2. The number of fused-ring (bicyclic) bond motifs is 1. The molecule has 6 nitrogen and oxygen atoms in total. The molecule has 1 heterocycles. The van der Waals surface area contributed by atoms with Crippen molar-refractivity contribution in [2.75, 3.05) is 6.79 Å². The molecule has 7 heteroatoms. The minimum Gasteiger partial charge on any atom is -0.454 e. The molecule has 1 aliphatic heterocycles. The van der Waals surface area contributed by atoms with Gasteiger partial charge in [0.15, 0.2) is 11.5 Å². The Morgan fingerprint density at radius 1 is 0.941 bits per heavy atom. The van der Waals surface area contributed by atoms with Gasteiger partial charge in [-0.1, -0.05) is 74.0 Å². The van der Waals surface area contributed by atoms with Crippen LogP contribution in [0.3, 0.4) is 0 Å². The van der Waals surface area contributed by atoms with Crippen LogP contribution in [0.2, 0.25) is 5.02 Å². The molecule has 0 aliphatic carbocycles. The Bertz CT molecular complexity index is 1150. The fourth-order valence-corrected chi connectivity index (χ4v) is 3.99. The molecule has 0 aromatic heterocycles. The van der Waals surface area contributed by atoms with Crippen LogP contribution in [-0.2, 0) is 22.7 Å². The van der Waals surface area contributed by atoms with Crippen LogP contribution < -0.4 is 14.8 Å². The second-order valence-electron chi connectivity index (χ2n) is 8.47. The van der Waals surface area contributed by atoms with Crippen LogP contribution in [0.25, 0.3) is 0 Å². The van der Waals surface area contributed by atoms with E-state index in [0.717, 1.165) is 16.7 Å². The predicted molar refractivity (Wildman–Crippen MR) is 130 cm³/mol. The number of hydrogen-bond acceptors (Lipinski definition) is 4. The first-order valence-electron chi connectivity index (χ1n) is 11.2. The number of ether oxygens (including phenoxy) is 2. The maximum absolute atomic E-state index is 13.6. The van der Waals surface area contributed by atoms with Crippen molar-refractivity contribution in [1.29, 1.82) is 0 Å². The molecule has 0 saturated heterocycles. The van der Waals surface area contributed by atoms with E-state index < -0.39 is 6.04 Å². The van der Waals surface area contributed by atoms with E-state index in [4.69, 9.17) is 21.1 Å². The molecule has 3 aromatic rings. The number of carbonyl (C=O) groups is 2. The topological polar surface area (TPSA) is 67.9 Å². The molecular formula is C27H27ClN2O4. The number of nitrogens with zero attached hydrogens (tertiary/aromatic N) is 1. The summed E-state index contributed by atoms with van der Waals surface area (Å²) in [4.78, 5) is 28.5. The first-order valence-corrected chi connectivity index (χ1v) is 11.6. The summed E-state index contributed by atoms with van der Waals surface area (Å²) in [6, 6.07) is 21.4. The van der Waals surface area contributed by atoms with Gasteiger partial charge in [0.05, 0.1) is 0 Å². The highest BCUT2D eigenvalue weighted by Crippen LogP contribution is 2.32. The number of nitrogens with one attached hydrogen (secondary N) is 1. The van der Waals surface area contributed by atoms with Gasteiger partial charge in [0.2, 0.25) is 18.6 Å². The summed E-state index contributed by atoms with van der Waals surface area (Å²) in [6.07, 6.45) is 0. The van der Waals surface area contributed by atoms with Crippen molar-refractivity contribution in [2.45, 2.75) is 33.0 Å². The SMILES string of the molecule is CC(C)C(=O)N(Cc1ccc(Cl)cc1)[C@@H](C(=O)NCc1ccc2c(c1)OCO2)c1ccccc1. The third-order valence-electron chi connectivity index (χ3n) is 5.62. The summed E-state index contributed by atoms with van der Waals surface area (Å²) in [7, 11) is 0. The lowest BCUT2D eigenvalue weighted by Crippen LogP contribution is -2.44. The van der Waals surface area contributed by atoms with Crippen LogP contribution >= 0.6 is 11.6 Å². The average molecular weight is 479 g/mol. The van der Waals surface area contributed by atoms with Gasteiger partial charge in [0.25, 0.3) is 0 Å². The third kappa shape index (κ3) is 5.51. The highest BCUT2D eigenvalue weighted by molar-refractivity contribution is 6.30. The maximum atomic E-state index is 13.6. The molecule has 0 fully saturated rings. The summed E-state index contributed by atoms with van der Waals surface area (Å²) in [5, 5.41) is 3.62. The Labute approximate surface area is 204 Å². The summed E-state index contributed by atoms with van der Waals surface area (Å²) < 4.78 is 10.8. The van der Waals surface area contributed by atoms with Gasteiger partial charge in [-0.2, -0.15) is 0 Å². The zero-order valence-corrected chi connectivity index (χ0v) is 19.9. The first kappa shape index (κ1) is 23.6. The fourth-order valence-electron chi connectivity index (χ4n) is 3.86. The van der Waals surface area contributed by atoms with Crippen LogP contribution in [0, 0.1) is 5.92 Å². The molecule has 0 bridgehead atoms. The van der Waals surface area contributed by atoms with Gasteiger partial charge in [0.1, 0.15) is 6.04 Å². The second-order valence-corrected chi connectivity index (χ2v) is 8.90. The largest absolute Gasteiger partial charge is 0.454 e. The second kappa shape index (κ2) is 10.6. The Hall–Kier alpha value is -3.51. The summed E-state index contributed by atoms with van der Waals surface area (Å²) in [5.74, 6) is 0.702. The van der Waals surface area contributed by atoms with E-state index in [-0.39, 0.29) is 31.1 Å². The summed E-state index contributed by atoms with van der Waals surface area (Å²) in [6.45, 7) is 4.44. The van der Waals surface area contributed by atoms with Gasteiger partial charge in [-0.3, -0.25) is 9.59 Å². The van der Waals surface area contributed by atoms with Gasteiger partial charge in [-0.15, -0.1) is 0 Å². The van der Waals surface area contributed by atoms with E-state index >= 15 is 0 Å². The molecule has 3 aromatic carbocycles. The number of rotatable bonds is 8. The molecule has 0 unspecified atom stereocenters. The van der Waals surface area contributed by atoms with Crippen molar-refractivity contribution in [3.8, 4) is 11.5 Å². The maximum Gasteiger partial charge on any atom is 0.247 e. The predicted octanol–water partition coefficient (Wildman–Crippen LogP) is 5.11. The molecule has 0 radical (unpaired) electrons. The van der Waals surface area contributed by atoms with Crippen molar-refractivity contribution in [3.63, 3.8) is 0 Å². The van der Waals surface area contributed by atoms with Crippen molar-refractivity contribution >= 4 is 23.4 Å². The number of benzene rings is 3. The minimum atomic E-state index is -0.791. The summed E-state index contributed by atoms with van der Waals surface area (Å²) >= 11 is 6.04. The monoisotopic (exact) mass is 478 g/mol. The normalized spacial score (nSPS) is 12.9. The van der Waals surface area contributed by atoms with Crippen molar-refractivity contribution in [2.24, 2.45) is 5.92 Å². The number of halogens is 1. The Morgan fingerprint density at radius 3 is 2.32 bits per heavy atom. The Kier molecular flexibility index (Phi) is 7.38. The fraction of sp³-hybridized carbons (Fsp3) is 0.259. The van der Waals surface area contributed by atoms with Gasteiger partial charge < -0.3 is 19.7 Å². The Morgan fingerprint density at radius 2 is 1.62 bits per heavy atom. The van der Waals surface area contributed by atoms with Gasteiger partial charge >= 0.3 is 0 Å². The zero-order chi connectivity index (χ0) is 24.1. The standard InChI is InChI=1S/C27H27ClN2O4/c1-18(2)27(32)30(16-19-8-11-22(28)12-9-19)25(21-6-4-3-5-7-21)26(31)29-15-20-10-13-23-24(14-20)34-17-33-23/h3-14,18,25H,15-17H2,1-2H3,(H,29,31)/t25-/m1/s1. The zero-order valence-electron chi connectivity index (χ0n) is 19.2.